The van der Waals surface area contributed by atoms with E-state index in [0.29, 0.717) is 0 Å². The van der Waals surface area contributed by atoms with Gasteiger partial charge in [0.05, 0.1) is 0 Å². The van der Waals surface area contributed by atoms with E-state index in [4.69, 9.17) is 28.4 Å². The normalized spacial score (nSPS) is 20.1. The Labute approximate surface area is 147 Å². The van der Waals surface area contributed by atoms with Crippen molar-refractivity contribution in [2.24, 2.45) is 0 Å². The van der Waals surface area contributed by atoms with Crippen LogP contribution in [0.4, 0.5) is 0 Å². The van der Waals surface area contributed by atoms with E-state index in [1.807, 2.05) is 36.4 Å². The highest BCUT2D eigenvalue weighted by Crippen LogP contribution is 2.36. The van der Waals surface area contributed by atoms with Crippen molar-refractivity contribution in [3.63, 3.8) is 0 Å². The maximum absolute atomic E-state index is 5.60. The zero-order chi connectivity index (χ0) is 17.9. The van der Waals surface area contributed by atoms with E-state index in [0.717, 1.165) is 22.6 Å². The average molecular weight is 346 g/mol. The molecule has 0 saturated carbocycles. The van der Waals surface area contributed by atoms with Gasteiger partial charge < -0.3 is 28.4 Å². The second-order valence-corrected chi connectivity index (χ2v) is 5.58. The fraction of sp³-hybridized carbons (Fsp3) is 0.368. The number of hydrogen-bond donors (Lipinski definition) is 0. The minimum Gasteiger partial charge on any atom is -0.454 e. The van der Waals surface area contributed by atoms with Crippen molar-refractivity contribution in [2.45, 2.75) is 11.6 Å². The summed E-state index contributed by atoms with van der Waals surface area (Å²) in [7, 11) is 6.33. The fourth-order valence-electron chi connectivity index (χ4n) is 2.85. The van der Waals surface area contributed by atoms with Crippen molar-refractivity contribution in [2.75, 3.05) is 35.2 Å². The first kappa shape index (κ1) is 17.7. The molecule has 0 amide bonds. The van der Waals surface area contributed by atoms with Gasteiger partial charge in [-0.2, -0.15) is 0 Å². The van der Waals surface area contributed by atoms with Gasteiger partial charge in [0.25, 0.3) is 0 Å². The van der Waals surface area contributed by atoms with Crippen LogP contribution in [0.15, 0.2) is 48.1 Å². The first-order valence-corrected chi connectivity index (χ1v) is 7.82. The van der Waals surface area contributed by atoms with E-state index in [2.05, 4.69) is 0 Å². The maximum atomic E-state index is 5.60. The van der Waals surface area contributed by atoms with Gasteiger partial charge >= 0.3 is 0 Å². The van der Waals surface area contributed by atoms with Crippen LogP contribution in [0.3, 0.4) is 0 Å². The summed E-state index contributed by atoms with van der Waals surface area (Å²) in [4.78, 5) is 0. The lowest BCUT2D eigenvalue weighted by Crippen LogP contribution is -2.41. The number of rotatable bonds is 6. The Hall–Kier alpha value is -2.12. The lowest BCUT2D eigenvalue weighted by atomic mass is 9.94. The van der Waals surface area contributed by atoms with Crippen molar-refractivity contribution in [1.29, 1.82) is 0 Å². The van der Waals surface area contributed by atoms with Gasteiger partial charge in [0.2, 0.25) is 18.4 Å². The number of hydrogen-bond acceptors (Lipinski definition) is 6. The third-order valence-corrected chi connectivity index (χ3v) is 4.39. The second-order valence-electron chi connectivity index (χ2n) is 5.58. The summed E-state index contributed by atoms with van der Waals surface area (Å²) in [6, 6.07) is 5.75. The van der Waals surface area contributed by atoms with Gasteiger partial charge in [0.1, 0.15) is 0 Å². The molecule has 134 valence electrons. The van der Waals surface area contributed by atoms with E-state index in [1.54, 1.807) is 40.6 Å². The third-order valence-electron chi connectivity index (χ3n) is 4.39. The minimum absolute atomic E-state index is 0.249. The van der Waals surface area contributed by atoms with E-state index >= 15 is 0 Å². The number of methoxy groups -OCH3 is 4. The molecule has 6 nitrogen and oxygen atoms in total. The lowest BCUT2D eigenvalue weighted by molar-refractivity contribution is -0.164. The van der Waals surface area contributed by atoms with Gasteiger partial charge in [-0.1, -0.05) is 18.2 Å². The highest BCUT2D eigenvalue weighted by atomic mass is 16.7. The number of ether oxygens (including phenoxy) is 6. The molecule has 25 heavy (non-hydrogen) atoms. The smallest absolute Gasteiger partial charge is 0.231 e. The van der Waals surface area contributed by atoms with Gasteiger partial charge in [-0.05, 0) is 35.9 Å². The van der Waals surface area contributed by atoms with Gasteiger partial charge in [-0.25, -0.2) is 0 Å². The lowest BCUT2D eigenvalue weighted by Gasteiger charge is -2.37. The topological polar surface area (TPSA) is 55.4 Å². The van der Waals surface area contributed by atoms with Crippen molar-refractivity contribution in [1.82, 2.24) is 0 Å². The highest BCUT2D eigenvalue weighted by molar-refractivity contribution is 5.60. The molecule has 1 aromatic rings. The van der Waals surface area contributed by atoms with Gasteiger partial charge in [0.15, 0.2) is 11.5 Å². The highest BCUT2D eigenvalue weighted by Gasteiger charge is 2.39. The number of benzene rings is 1. The summed E-state index contributed by atoms with van der Waals surface area (Å²) in [5.41, 5.74) is 1.71. The van der Waals surface area contributed by atoms with Crippen LogP contribution in [-0.2, 0) is 18.9 Å². The zero-order valence-corrected chi connectivity index (χ0v) is 14.8. The number of fused-ring (bicyclic) bond motifs is 1. The quantitative estimate of drug-likeness (QED) is 0.583. The molecular weight excluding hydrogens is 324 g/mol. The molecular formula is C19H22O6. The van der Waals surface area contributed by atoms with Crippen molar-refractivity contribution < 1.29 is 28.4 Å². The molecule has 0 fully saturated rings. The molecule has 0 radical (unpaired) electrons. The predicted molar refractivity (Wildman–Crippen MR) is 92.3 cm³/mol. The van der Waals surface area contributed by atoms with Crippen LogP contribution >= 0.6 is 0 Å². The summed E-state index contributed by atoms with van der Waals surface area (Å²) in [6.45, 7) is 0.249. The molecule has 1 aliphatic heterocycles. The molecule has 1 heterocycles. The van der Waals surface area contributed by atoms with E-state index in [-0.39, 0.29) is 6.79 Å². The zero-order valence-electron chi connectivity index (χ0n) is 14.8. The molecule has 6 heteroatoms. The Morgan fingerprint density at radius 1 is 0.880 bits per heavy atom. The van der Waals surface area contributed by atoms with Crippen LogP contribution in [-0.4, -0.2) is 46.8 Å². The molecule has 0 atom stereocenters. The summed E-state index contributed by atoms with van der Waals surface area (Å²) in [5, 5.41) is 0. The molecule has 3 rings (SSSR count). The van der Waals surface area contributed by atoms with Crippen LogP contribution in [0.5, 0.6) is 11.5 Å². The molecule has 0 saturated heterocycles. The molecule has 1 aromatic carbocycles. The van der Waals surface area contributed by atoms with Crippen molar-refractivity contribution in [3.8, 4) is 11.5 Å². The Bertz CT molecular complexity index is 711. The van der Waals surface area contributed by atoms with Gasteiger partial charge in [-0.15, -0.1) is 0 Å². The van der Waals surface area contributed by atoms with Gasteiger partial charge in [0, 0.05) is 34.0 Å². The van der Waals surface area contributed by atoms with Crippen LogP contribution < -0.4 is 9.47 Å². The monoisotopic (exact) mass is 346 g/mol. The van der Waals surface area contributed by atoms with Crippen LogP contribution in [0.25, 0.3) is 6.08 Å². The summed E-state index contributed by atoms with van der Waals surface area (Å²) in [5.74, 6) is -0.492. The van der Waals surface area contributed by atoms with E-state index in [9.17, 15) is 0 Å². The van der Waals surface area contributed by atoms with Crippen molar-refractivity contribution >= 4 is 6.08 Å². The summed E-state index contributed by atoms with van der Waals surface area (Å²) >= 11 is 0. The predicted octanol–water partition coefficient (Wildman–Crippen LogP) is 2.90. The molecule has 2 aliphatic rings. The van der Waals surface area contributed by atoms with Crippen LogP contribution in [0, 0.1) is 0 Å². The Morgan fingerprint density at radius 2 is 1.60 bits per heavy atom. The van der Waals surface area contributed by atoms with E-state index < -0.39 is 11.6 Å². The van der Waals surface area contributed by atoms with Crippen molar-refractivity contribution in [3.05, 3.63) is 53.6 Å². The van der Waals surface area contributed by atoms with Crippen LogP contribution in [0.1, 0.15) is 5.56 Å². The summed E-state index contributed by atoms with van der Waals surface area (Å²) < 4.78 is 32.9. The third kappa shape index (κ3) is 3.21. The minimum atomic E-state index is -1.01. The largest absolute Gasteiger partial charge is 0.454 e. The Morgan fingerprint density at radius 3 is 2.28 bits per heavy atom. The fourth-order valence-corrected chi connectivity index (χ4v) is 2.85. The molecule has 0 unspecified atom stereocenters. The molecule has 0 spiro atoms. The average Bonchev–Trinajstić information content (AvgIpc) is 3.14. The molecule has 0 N–H and O–H groups in total. The maximum Gasteiger partial charge on any atom is 0.231 e. The Kier molecular flexibility index (Phi) is 4.96. The first-order chi connectivity index (χ1) is 12.1. The molecule has 0 aromatic heterocycles. The summed E-state index contributed by atoms with van der Waals surface area (Å²) in [6.07, 6.45) is 9.21. The SMILES string of the molecule is COC1(OC)C=CC(OC)(OC)C(/C=C/c2ccc3c(c2)OCO3)=C1. The van der Waals surface area contributed by atoms with Crippen LogP contribution in [0.2, 0.25) is 0 Å². The second kappa shape index (κ2) is 7.01. The standard InChI is InChI=1S/C19H22O6/c1-20-18(21-2)9-10-19(22-3,23-4)15(12-18)7-5-14-6-8-16-17(11-14)25-13-24-16/h5-12H,13H2,1-4H3/b7-5+. The first-order valence-electron chi connectivity index (χ1n) is 7.82. The van der Waals surface area contributed by atoms with Gasteiger partial charge in [-0.3, -0.25) is 0 Å². The van der Waals surface area contributed by atoms with E-state index in [1.165, 1.54) is 0 Å². The molecule has 1 aliphatic carbocycles. The molecule has 0 bridgehead atoms. The Balaban J connectivity index is 1.94.